The van der Waals surface area contributed by atoms with Crippen molar-refractivity contribution in [1.82, 2.24) is 19.9 Å². The lowest BCUT2D eigenvalue weighted by Gasteiger charge is -2.14. The molecule has 0 amide bonds. The molecule has 2 rings (SSSR count). The summed E-state index contributed by atoms with van der Waals surface area (Å²) in [6.07, 6.45) is 1.88. The third-order valence-corrected chi connectivity index (χ3v) is 2.73. The van der Waals surface area contributed by atoms with Gasteiger partial charge in [-0.25, -0.2) is 0 Å². The highest BCUT2D eigenvalue weighted by Gasteiger charge is 2.05. The Balaban J connectivity index is 1.79. The third kappa shape index (κ3) is 3.41. The van der Waals surface area contributed by atoms with E-state index < -0.39 is 0 Å². The van der Waals surface area contributed by atoms with Crippen molar-refractivity contribution >= 4 is 0 Å². The number of nitrogens with zero attached hydrogens (tertiary/aromatic N) is 4. The van der Waals surface area contributed by atoms with Crippen LogP contribution in [0.3, 0.4) is 0 Å². The van der Waals surface area contributed by atoms with E-state index in [1.807, 2.05) is 29.9 Å². The highest BCUT2D eigenvalue weighted by molar-refractivity contribution is 5.05. The van der Waals surface area contributed by atoms with Crippen molar-refractivity contribution in [3.63, 3.8) is 0 Å². The molecule has 0 saturated carbocycles. The van der Waals surface area contributed by atoms with Crippen molar-refractivity contribution in [3.05, 3.63) is 35.5 Å². The maximum absolute atomic E-state index is 5.53. The van der Waals surface area contributed by atoms with E-state index in [9.17, 15) is 0 Å². The van der Waals surface area contributed by atoms with Gasteiger partial charge in [-0.05, 0) is 26.1 Å². The zero-order valence-electron chi connectivity index (χ0n) is 10.8. The SMILES string of the molecule is Cc1ccc(CN(C)CCn2cc(CN)nn2)o1. The van der Waals surface area contributed by atoms with Gasteiger partial charge in [-0.1, -0.05) is 5.21 Å². The number of nitrogens with two attached hydrogens (primary N) is 1. The maximum Gasteiger partial charge on any atom is 0.118 e. The van der Waals surface area contributed by atoms with E-state index >= 15 is 0 Å². The number of aryl methyl sites for hydroxylation is 1. The number of hydrogen-bond donors (Lipinski definition) is 1. The van der Waals surface area contributed by atoms with Crippen molar-refractivity contribution in [2.45, 2.75) is 26.6 Å². The Labute approximate surface area is 106 Å². The van der Waals surface area contributed by atoms with Crippen molar-refractivity contribution in [3.8, 4) is 0 Å². The summed E-state index contributed by atoms with van der Waals surface area (Å²) < 4.78 is 7.35. The molecule has 0 fully saturated rings. The zero-order chi connectivity index (χ0) is 13.0. The van der Waals surface area contributed by atoms with E-state index in [1.165, 1.54) is 0 Å². The lowest BCUT2D eigenvalue weighted by molar-refractivity contribution is 0.276. The second kappa shape index (κ2) is 5.79. The van der Waals surface area contributed by atoms with Gasteiger partial charge < -0.3 is 10.2 Å². The van der Waals surface area contributed by atoms with Gasteiger partial charge >= 0.3 is 0 Å². The average Bonchev–Trinajstić information content (AvgIpc) is 2.95. The number of hydrogen-bond acceptors (Lipinski definition) is 5. The van der Waals surface area contributed by atoms with Gasteiger partial charge in [-0.2, -0.15) is 0 Å². The van der Waals surface area contributed by atoms with Gasteiger partial charge in [-0.15, -0.1) is 5.10 Å². The first-order valence-corrected chi connectivity index (χ1v) is 6.00. The van der Waals surface area contributed by atoms with Gasteiger partial charge in [-0.3, -0.25) is 9.58 Å². The largest absolute Gasteiger partial charge is 0.465 e. The van der Waals surface area contributed by atoms with Gasteiger partial charge in [0, 0.05) is 19.3 Å². The van der Waals surface area contributed by atoms with Crippen LogP contribution in [0.1, 0.15) is 17.2 Å². The summed E-state index contributed by atoms with van der Waals surface area (Å²) in [6.45, 7) is 4.86. The van der Waals surface area contributed by atoms with Crippen LogP contribution in [0.4, 0.5) is 0 Å². The summed E-state index contributed by atoms with van der Waals surface area (Å²) >= 11 is 0. The van der Waals surface area contributed by atoms with Gasteiger partial charge in [0.15, 0.2) is 0 Å². The van der Waals surface area contributed by atoms with E-state index in [1.54, 1.807) is 0 Å². The topological polar surface area (TPSA) is 73.1 Å². The lowest BCUT2D eigenvalue weighted by Crippen LogP contribution is -2.22. The lowest BCUT2D eigenvalue weighted by atomic mass is 10.4. The molecule has 18 heavy (non-hydrogen) atoms. The summed E-state index contributed by atoms with van der Waals surface area (Å²) in [4.78, 5) is 2.18. The van der Waals surface area contributed by atoms with Gasteiger partial charge in [0.1, 0.15) is 11.5 Å². The first kappa shape index (κ1) is 12.8. The van der Waals surface area contributed by atoms with Crippen molar-refractivity contribution in [1.29, 1.82) is 0 Å². The Hall–Kier alpha value is -1.66. The zero-order valence-corrected chi connectivity index (χ0v) is 10.8. The van der Waals surface area contributed by atoms with Crippen LogP contribution in [0.2, 0.25) is 0 Å². The first-order chi connectivity index (χ1) is 8.67. The molecule has 0 aliphatic heterocycles. The summed E-state index contributed by atoms with van der Waals surface area (Å²) in [7, 11) is 2.05. The minimum absolute atomic E-state index is 0.432. The van der Waals surface area contributed by atoms with Gasteiger partial charge in [0.25, 0.3) is 0 Å². The fraction of sp³-hybridized carbons (Fsp3) is 0.500. The van der Waals surface area contributed by atoms with E-state index in [2.05, 4.69) is 22.3 Å². The van der Waals surface area contributed by atoms with Crippen molar-refractivity contribution < 1.29 is 4.42 Å². The molecule has 0 spiro atoms. The van der Waals surface area contributed by atoms with E-state index in [4.69, 9.17) is 10.2 Å². The smallest absolute Gasteiger partial charge is 0.118 e. The maximum atomic E-state index is 5.53. The van der Waals surface area contributed by atoms with E-state index in [-0.39, 0.29) is 0 Å². The molecule has 0 saturated heterocycles. The Morgan fingerprint density at radius 1 is 1.44 bits per heavy atom. The molecule has 0 radical (unpaired) electrons. The fourth-order valence-electron chi connectivity index (χ4n) is 1.73. The van der Waals surface area contributed by atoms with Gasteiger partial charge in [0.2, 0.25) is 0 Å². The van der Waals surface area contributed by atoms with Crippen LogP contribution in [-0.2, 0) is 19.6 Å². The molecule has 2 aromatic rings. The van der Waals surface area contributed by atoms with Crippen LogP contribution in [0, 0.1) is 6.92 Å². The molecule has 0 unspecified atom stereocenters. The molecule has 98 valence electrons. The first-order valence-electron chi connectivity index (χ1n) is 6.00. The number of rotatable bonds is 6. The number of likely N-dealkylation sites (N-methyl/N-ethyl adjacent to an activating group) is 1. The molecule has 0 atom stereocenters. The standard InChI is InChI=1S/C12H19N5O/c1-10-3-4-12(18-10)9-16(2)5-6-17-8-11(7-13)14-15-17/h3-4,8H,5-7,9,13H2,1-2H3. The highest BCUT2D eigenvalue weighted by Crippen LogP contribution is 2.08. The van der Waals surface area contributed by atoms with Crippen LogP contribution in [-0.4, -0.2) is 33.5 Å². The summed E-state index contributed by atoms with van der Waals surface area (Å²) in [5, 5.41) is 7.96. The van der Waals surface area contributed by atoms with Crippen molar-refractivity contribution in [2.75, 3.05) is 13.6 Å². The quantitative estimate of drug-likeness (QED) is 0.818. The second-order valence-corrected chi connectivity index (χ2v) is 4.43. The minimum atomic E-state index is 0.432. The Morgan fingerprint density at radius 3 is 2.89 bits per heavy atom. The van der Waals surface area contributed by atoms with Crippen LogP contribution in [0.15, 0.2) is 22.7 Å². The summed E-state index contributed by atoms with van der Waals surface area (Å²) in [5.41, 5.74) is 6.30. The number of aromatic nitrogens is 3. The van der Waals surface area contributed by atoms with Crippen LogP contribution in [0.25, 0.3) is 0 Å². The highest BCUT2D eigenvalue weighted by atomic mass is 16.3. The van der Waals surface area contributed by atoms with Crippen molar-refractivity contribution in [2.24, 2.45) is 5.73 Å². The van der Waals surface area contributed by atoms with Gasteiger partial charge in [0.05, 0.1) is 18.8 Å². The van der Waals surface area contributed by atoms with Crippen LogP contribution >= 0.6 is 0 Å². The molecule has 2 N–H and O–H groups in total. The average molecular weight is 249 g/mol. The molecular formula is C12H19N5O. The minimum Gasteiger partial charge on any atom is -0.465 e. The Kier molecular flexibility index (Phi) is 4.11. The third-order valence-electron chi connectivity index (χ3n) is 2.73. The van der Waals surface area contributed by atoms with Crippen LogP contribution in [0.5, 0.6) is 0 Å². The molecule has 0 bridgehead atoms. The van der Waals surface area contributed by atoms with E-state index in [0.717, 1.165) is 36.8 Å². The molecular weight excluding hydrogens is 230 g/mol. The van der Waals surface area contributed by atoms with Crippen LogP contribution < -0.4 is 5.73 Å². The molecule has 0 aliphatic rings. The Morgan fingerprint density at radius 2 is 2.28 bits per heavy atom. The monoisotopic (exact) mass is 249 g/mol. The molecule has 2 heterocycles. The summed E-state index contributed by atoms with van der Waals surface area (Å²) in [6, 6.07) is 3.99. The molecule has 2 aromatic heterocycles. The molecule has 6 nitrogen and oxygen atoms in total. The predicted octanol–water partition coefficient (Wildman–Crippen LogP) is 0.770. The predicted molar refractivity (Wildman–Crippen MR) is 67.7 cm³/mol. The molecule has 6 heteroatoms. The second-order valence-electron chi connectivity index (χ2n) is 4.43. The fourth-order valence-corrected chi connectivity index (χ4v) is 1.73. The molecule has 0 aromatic carbocycles. The summed E-state index contributed by atoms with van der Waals surface area (Å²) in [5.74, 6) is 1.93. The number of furan rings is 1. The molecule has 0 aliphatic carbocycles. The normalized spacial score (nSPS) is 11.3. The van der Waals surface area contributed by atoms with E-state index in [0.29, 0.717) is 6.54 Å². The Bertz CT molecular complexity index is 490.